The molecule has 0 atom stereocenters. The van der Waals surface area contributed by atoms with Crippen LogP contribution < -0.4 is 5.73 Å². The van der Waals surface area contributed by atoms with Crippen LogP contribution in [0.15, 0.2) is 36.4 Å². The lowest BCUT2D eigenvalue weighted by Gasteiger charge is -2.04. The third kappa shape index (κ3) is 1.94. The molecule has 0 spiro atoms. The average molecular weight is 276 g/mol. The number of nitrogens with two attached hydrogens (primary N) is 1. The smallest absolute Gasteiger partial charge is 0.140 e. The zero-order valence-electron chi connectivity index (χ0n) is 10.2. The standard InChI is InChI=1S/C14H11ClFN3/c1-19-13-5-3-9(16)7-12(13)18-14(19)8-2-4-10(15)11(17)6-8/h2-7H,17H2,1H3. The zero-order chi connectivity index (χ0) is 13.6. The molecule has 1 heterocycles. The molecule has 0 aliphatic carbocycles. The van der Waals surface area contributed by atoms with Gasteiger partial charge in [0.05, 0.1) is 21.7 Å². The van der Waals surface area contributed by atoms with Crippen molar-refractivity contribution in [3.63, 3.8) is 0 Å². The summed E-state index contributed by atoms with van der Waals surface area (Å²) in [7, 11) is 1.88. The Morgan fingerprint density at radius 2 is 2.00 bits per heavy atom. The highest BCUT2D eigenvalue weighted by Gasteiger charge is 2.11. The summed E-state index contributed by atoms with van der Waals surface area (Å²) < 4.78 is 15.1. The van der Waals surface area contributed by atoms with Crippen molar-refractivity contribution in [2.45, 2.75) is 0 Å². The van der Waals surface area contributed by atoms with Crippen molar-refractivity contribution in [1.29, 1.82) is 0 Å². The highest BCUT2D eigenvalue weighted by atomic mass is 35.5. The zero-order valence-corrected chi connectivity index (χ0v) is 10.9. The molecule has 3 nitrogen and oxygen atoms in total. The first-order valence-electron chi connectivity index (χ1n) is 5.73. The molecule has 0 radical (unpaired) electrons. The summed E-state index contributed by atoms with van der Waals surface area (Å²) in [6.07, 6.45) is 0. The number of hydrogen-bond acceptors (Lipinski definition) is 2. The van der Waals surface area contributed by atoms with Gasteiger partial charge in [0.25, 0.3) is 0 Å². The van der Waals surface area contributed by atoms with Crippen molar-refractivity contribution >= 4 is 28.3 Å². The molecule has 5 heteroatoms. The lowest BCUT2D eigenvalue weighted by molar-refractivity contribution is 0.629. The second-order valence-corrected chi connectivity index (χ2v) is 4.77. The number of nitrogens with zero attached hydrogens (tertiary/aromatic N) is 2. The second-order valence-electron chi connectivity index (χ2n) is 4.36. The summed E-state index contributed by atoms with van der Waals surface area (Å²) in [5, 5.41) is 0.508. The summed E-state index contributed by atoms with van der Waals surface area (Å²) in [5.41, 5.74) is 8.63. The highest BCUT2D eigenvalue weighted by molar-refractivity contribution is 6.33. The van der Waals surface area contributed by atoms with Gasteiger partial charge in [0, 0.05) is 18.7 Å². The summed E-state index contributed by atoms with van der Waals surface area (Å²) in [4.78, 5) is 4.44. The number of imidazole rings is 1. The number of aromatic nitrogens is 2. The summed E-state index contributed by atoms with van der Waals surface area (Å²) in [6.45, 7) is 0. The van der Waals surface area contributed by atoms with Crippen LogP contribution in [0.25, 0.3) is 22.4 Å². The Labute approximate surface area is 114 Å². The van der Waals surface area contributed by atoms with Gasteiger partial charge >= 0.3 is 0 Å². The van der Waals surface area contributed by atoms with E-state index in [0.717, 1.165) is 16.9 Å². The molecule has 0 saturated heterocycles. The van der Waals surface area contributed by atoms with E-state index in [1.807, 2.05) is 17.7 Å². The van der Waals surface area contributed by atoms with Crippen LogP contribution in [0, 0.1) is 5.82 Å². The maximum atomic E-state index is 13.2. The van der Waals surface area contributed by atoms with E-state index in [-0.39, 0.29) is 5.82 Å². The Bertz CT molecular complexity index is 780. The minimum absolute atomic E-state index is 0.298. The number of rotatable bonds is 1. The second kappa shape index (κ2) is 4.24. The van der Waals surface area contributed by atoms with E-state index in [1.54, 1.807) is 18.2 Å². The number of anilines is 1. The predicted molar refractivity (Wildman–Crippen MR) is 75.5 cm³/mol. The Morgan fingerprint density at radius 3 is 2.74 bits per heavy atom. The monoisotopic (exact) mass is 275 g/mol. The first kappa shape index (κ1) is 12.0. The van der Waals surface area contributed by atoms with Gasteiger partial charge < -0.3 is 10.3 Å². The van der Waals surface area contributed by atoms with Crippen molar-refractivity contribution in [3.8, 4) is 11.4 Å². The molecular formula is C14H11ClFN3. The van der Waals surface area contributed by atoms with Gasteiger partial charge in [0.2, 0.25) is 0 Å². The highest BCUT2D eigenvalue weighted by Crippen LogP contribution is 2.28. The Morgan fingerprint density at radius 1 is 1.21 bits per heavy atom. The Balaban J connectivity index is 2.24. The van der Waals surface area contributed by atoms with Crippen molar-refractivity contribution in [2.75, 3.05) is 5.73 Å². The fourth-order valence-corrected chi connectivity index (χ4v) is 2.23. The average Bonchev–Trinajstić information content (AvgIpc) is 2.70. The molecule has 3 aromatic rings. The largest absolute Gasteiger partial charge is 0.398 e. The molecule has 1 aromatic heterocycles. The number of nitrogen functional groups attached to an aromatic ring is 1. The van der Waals surface area contributed by atoms with E-state index in [4.69, 9.17) is 17.3 Å². The molecule has 2 N–H and O–H groups in total. The number of halogens is 2. The minimum Gasteiger partial charge on any atom is -0.398 e. The molecular weight excluding hydrogens is 265 g/mol. The van der Waals surface area contributed by atoms with Crippen molar-refractivity contribution < 1.29 is 4.39 Å². The Hall–Kier alpha value is -2.07. The van der Waals surface area contributed by atoms with Gasteiger partial charge in [-0.1, -0.05) is 11.6 Å². The third-order valence-corrected chi connectivity index (χ3v) is 3.44. The number of fused-ring (bicyclic) bond motifs is 1. The van der Waals surface area contributed by atoms with E-state index in [2.05, 4.69) is 4.98 Å². The van der Waals surface area contributed by atoms with E-state index in [1.165, 1.54) is 12.1 Å². The predicted octanol–water partition coefficient (Wildman–Crippen LogP) is 3.62. The van der Waals surface area contributed by atoms with E-state index >= 15 is 0 Å². The summed E-state index contributed by atoms with van der Waals surface area (Å²) >= 11 is 5.91. The normalized spacial score (nSPS) is 11.1. The van der Waals surface area contributed by atoms with Crippen LogP contribution in [0.1, 0.15) is 0 Å². The molecule has 2 aromatic carbocycles. The minimum atomic E-state index is -0.298. The van der Waals surface area contributed by atoms with Gasteiger partial charge in [-0.2, -0.15) is 0 Å². The van der Waals surface area contributed by atoms with Crippen LogP contribution in [0.2, 0.25) is 5.02 Å². The van der Waals surface area contributed by atoms with Crippen LogP contribution in [0.3, 0.4) is 0 Å². The van der Waals surface area contributed by atoms with Crippen LogP contribution in [-0.2, 0) is 7.05 Å². The SMILES string of the molecule is Cn1c(-c2ccc(Cl)c(N)c2)nc2cc(F)ccc21. The topological polar surface area (TPSA) is 43.8 Å². The quantitative estimate of drug-likeness (QED) is 0.690. The van der Waals surface area contributed by atoms with Gasteiger partial charge in [-0.05, 0) is 30.3 Å². The number of benzene rings is 2. The third-order valence-electron chi connectivity index (χ3n) is 3.10. The van der Waals surface area contributed by atoms with Crippen molar-refractivity contribution in [2.24, 2.45) is 7.05 Å². The van der Waals surface area contributed by atoms with Crippen molar-refractivity contribution in [1.82, 2.24) is 9.55 Å². The molecule has 3 rings (SSSR count). The van der Waals surface area contributed by atoms with Gasteiger partial charge in [-0.25, -0.2) is 9.37 Å². The maximum absolute atomic E-state index is 13.2. The lowest BCUT2D eigenvalue weighted by atomic mass is 10.2. The van der Waals surface area contributed by atoms with Gasteiger partial charge in [0.15, 0.2) is 0 Å². The summed E-state index contributed by atoms with van der Waals surface area (Å²) in [6, 6.07) is 9.88. The van der Waals surface area contributed by atoms with Crippen LogP contribution >= 0.6 is 11.6 Å². The molecule has 0 aliphatic rings. The van der Waals surface area contributed by atoms with Crippen molar-refractivity contribution in [3.05, 3.63) is 47.2 Å². The number of aryl methyl sites for hydroxylation is 1. The molecule has 0 saturated carbocycles. The summed E-state index contributed by atoms with van der Waals surface area (Å²) in [5.74, 6) is 0.428. The Kier molecular flexibility index (Phi) is 2.68. The molecule has 0 amide bonds. The van der Waals surface area contributed by atoms with E-state index in [9.17, 15) is 4.39 Å². The molecule has 0 fully saturated rings. The van der Waals surface area contributed by atoms with Crippen LogP contribution in [0.4, 0.5) is 10.1 Å². The van der Waals surface area contributed by atoms with E-state index < -0.39 is 0 Å². The first-order valence-corrected chi connectivity index (χ1v) is 6.11. The van der Waals surface area contributed by atoms with Crippen LogP contribution in [-0.4, -0.2) is 9.55 Å². The molecule has 0 unspecified atom stereocenters. The van der Waals surface area contributed by atoms with Crippen LogP contribution in [0.5, 0.6) is 0 Å². The fourth-order valence-electron chi connectivity index (χ4n) is 2.11. The lowest BCUT2D eigenvalue weighted by Crippen LogP contribution is -1.94. The fraction of sp³-hybridized carbons (Fsp3) is 0.0714. The molecule has 19 heavy (non-hydrogen) atoms. The molecule has 0 aliphatic heterocycles. The first-order chi connectivity index (χ1) is 9.06. The molecule has 0 bridgehead atoms. The van der Waals surface area contributed by atoms with Gasteiger partial charge in [0.1, 0.15) is 11.6 Å². The maximum Gasteiger partial charge on any atom is 0.140 e. The number of hydrogen-bond donors (Lipinski definition) is 1. The van der Waals surface area contributed by atoms with E-state index in [0.29, 0.717) is 16.2 Å². The van der Waals surface area contributed by atoms with Gasteiger partial charge in [-0.15, -0.1) is 0 Å². The molecule has 96 valence electrons. The van der Waals surface area contributed by atoms with Gasteiger partial charge in [-0.3, -0.25) is 0 Å².